The summed E-state index contributed by atoms with van der Waals surface area (Å²) in [5.41, 5.74) is 0.196. The van der Waals surface area contributed by atoms with Crippen LogP contribution in [0.5, 0.6) is 5.75 Å². The van der Waals surface area contributed by atoms with E-state index in [1.54, 1.807) is 0 Å². The van der Waals surface area contributed by atoms with E-state index >= 15 is 0 Å². The maximum Gasteiger partial charge on any atom is 0.335 e. The van der Waals surface area contributed by atoms with E-state index in [1.165, 1.54) is 25.3 Å². The summed E-state index contributed by atoms with van der Waals surface area (Å²) >= 11 is 5.43. The minimum Gasteiger partial charge on any atom is -0.496 e. The van der Waals surface area contributed by atoms with Crippen LogP contribution in [0.3, 0.4) is 0 Å². The molecule has 94 valence electrons. The highest BCUT2D eigenvalue weighted by Crippen LogP contribution is 2.28. The van der Waals surface area contributed by atoms with Crippen LogP contribution in [0.15, 0.2) is 18.2 Å². The Morgan fingerprint density at radius 3 is 2.59 bits per heavy atom. The molecule has 0 saturated heterocycles. The maximum atomic E-state index is 10.8. The van der Waals surface area contributed by atoms with Crippen LogP contribution in [-0.4, -0.2) is 40.4 Å². The number of methoxy groups -OCH3 is 1. The largest absolute Gasteiger partial charge is 0.496 e. The summed E-state index contributed by atoms with van der Waals surface area (Å²) in [4.78, 5) is 10.8. The number of aromatic carboxylic acids is 1. The molecule has 0 amide bonds. The van der Waals surface area contributed by atoms with Gasteiger partial charge in [0.1, 0.15) is 11.9 Å². The molecule has 0 aliphatic rings. The van der Waals surface area contributed by atoms with E-state index < -0.39 is 18.2 Å². The molecule has 0 heterocycles. The van der Waals surface area contributed by atoms with E-state index in [1.807, 2.05) is 0 Å². The number of ether oxygens (including phenoxy) is 1. The zero-order valence-corrected chi connectivity index (χ0v) is 9.89. The second-order valence-electron chi connectivity index (χ2n) is 3.43. The summed E-state index contributed by atoms with van der Waals surface area (Å²) in [6.45, 7) is 0. The Hall–Kier alpha value is -1.30. The Morgan fingerprint density at radius 1 is 1.47 bits per heavy atom. The van der Waals surface area contributed by atoms with E-state index in [4.69, 9.17) is 21.4 Å². The van der Waals surface area contributed by atoms with Gasteiger partial charge in [-0.05, 0) is 18.2 Å². The molecule has 0 aromatic heterocycles. The first kappa shape index (κ1) is 13.8. The highest BCUT2D eigenvalue weighted by molar-refractivity contribution is 6.18. The van der Waals surface area contributed by atoms with E-state index in [2.05, 4.69) is 0 Å². The number of carbonyl (C=O) groups is 1. The quantitative estimate of drug-likeness (QED) is 0.688. The number of carboxylic acid groups (broad SMARTS) is 1. The van der Waals surface area contributed by atoms with Gasteiger partial charge in [0.25, 0.3) is 0 Å². The molecule has 17 heavy (non-hydrogen) atoms. The normalized spacial score (nSPS) is 14.1. The molecular formula is C11H13ClO5. The first-order valence-electron chi connectivity index (χ1n) is 4.84. The molecule has 3 N–H and O–H groups in total. The van der Waals surface area contributed by atoms with Crippen molar-refractivity contribution in [2.24, 2.45) is 0 Å². The predicted molar refractivity (Wildman–Crippen MR) is 61.6 cm³/mol. The standard InChI is InChI=1S/C11H13ClO5/c1-17-9-3-2-6(11(15)16)4-7(9)10(14)8(13)5-12/h2-4,8,10,13-14H,5H2,1H3,(H,15,16). The first-order valence-corrected chi connectivity index (χ1v) is 5.38. The van der Waals surface area contributed by atoms with Crippen LogP contribution in [0.25, 0.3) is 0 Å². The van der Waals surface area contributed by atoms with Gasteiger partial charge in [0.05, 0.1) is 24.7 Å². The van der Waals surface area contributed by atoms with Crippen LogP contribution in [0.2, 0.25) is 0 Å². The van der Waals surface area contributed by atoms with Crippen molar-refractivity contribution in [2.75, 3.05) is 13.0 Å². The topological polar surface area (TPSA) is 87.0 Å². The molecule has 0 fully saturated rings. The van der Waals surface area contributed by atoms with Gasteiger partial charge in [-0.25, -0.2) is 4.79 Å². The minimum atomic E-state index is -1.29. The van der Waals surface area contributed by atoms with E-state index in [0.29, 0.717) is 5.75 Å². The van der Waals surface area contributed by atoms with Crippen molar-refractivity contribution in [3.63, 3.8) is 0 Å². The van der Waals surface area contributed by atoms with Crippen molar-refractivity contribution in [3.05, 3.63) is 29.3 Å². The molecule has 0 radical (unpaired) electrons. The summed E-state index contributed by atoms with van der Waals surface area (Å²) < 4.78 is 4.99. The Morgan fingerprint density at radius 2 is 2.12 bits per heavy atom. The van der Waals surface area contributed by atoms with Crippen LogP contribution in [-0.2, 0) is 0 Å². The first-order chi connectivity index (χ1) is 8.01. The smallest absolute Gasteiger partial charge is 0.335 e. The van der Waals surface area contributed by atoms with Crippen molar-refractivity contribution >= 4 is 17.6 Å². The van der Waals surface area contributed by atoms with Gasteiger partial charge in [0.2, 0.25) is 0 Å². The number of aliphatic hydroxyl groups excluding tert-OH is 2. The number of hydrogen-bond acceptors (Lipinski definition) is 4. The minimum absolute atomic E-state index is 0.00150. The maximum absolute atomic E-state index is 10.8. The van der Waals surface area contributed by atoms with Crippen molar-refractivity contribution < 1.29 is 24.9 Å². The van der Waals surface area contributed by atoms with Crippen molar-refractivity contribution in [2.45, 2.75) is 12.2 Å². The molecule has 2 atom stereocenters. The lowest BCUT2D eigenvalue weighted by Gasteiger charge is -2.18. The number of carboxylic acids is 1. The number of benzene rings is 1. The SMILES string of the molecule is COc1ccc(C(=O)O)cc1C(O)C(O)CCl. The lowest BCUT2D eigenvalue weighted by Crippen LogP contribution is -2.20. The Balaban J connectivity index is 3.18. The summed E-state index contributed by atoms with van der Waals surface area (Å²) in [5, 5.41) is 28.1. The zero-order chi connectivity index (χ0) is 13.0. The van der Waals surface area contributed by atoms with Crippen LogP contribution >= 0.6 is 11.6 Å². The second kappa shape index (κ2) is 5.86. The Labute approximate surface area is 103 Å². The summed E-state index contributed by atoms with van der Waals surface area (Å²) in [6.07, 6.45) is -2.48. The summed E-state index contributed by atoms with van der Waals surface area (Å²) in [6, 6.07) is 4.02. The van der Waals surface area contributed by atoms with Crippen LogP contribution < -0.4 is 4.74 Å². The lowest BCUT2D eigenvalue weighted by atomic mass is 10.0. The highest BCUT2D eigenvalue weighted by atomic mass is 35.5. The summed E-state index contributed by atoms with van der Waals surface area (Å²) in [7, 11) is 1.39. The van der Waals surface area contributed by atoms with Crippen molar-refractivity contribution in [1.29, 1.82) is 0 Å². The Bertz CT molecular complexity index is 407. The lowest BCUT2D eigenvalue weighted by molar-refractivity contribution is 0.0311. The molecule has 1 aromatic carbocycles. The van der Waals surface area contributed by atoms with Gasteiger partial charge in [-0.2, -0.15) is 0 Å². The molecule has 0 spiro atoms. The fourth-order valence-electron chi connectivity index (χ4n) is 1.39. The average Bonchev–Trinajstić information content (AvgIpc) is 2.35. The molecule has 0 aliphatic carbocycles. The average molecular weight is 261 g/mol. The second-order valence-corrected chi connectivity index (χ2v) is 3.74. The van der Waals surface area contributed by atoms with E-state index in [-0.39, 0.29) is 17.0 Å². The summed E-state index contributed by atoms with van der Waals surface area (Å²) in [5.74, 6) is -0.991. The van der Waals surface area contributed by atoms with Crippen molar-refractivity contribution in [3.8, 4) is 5.75 Å². The molecule has 1 rings (SSSR count). The van der Waals surface area contributed by atoms with Crippen LogP contribution in [0.1, 0.15) is 22.0 Å². The van der Waals surface area contributed by atoms with Gasteiger partial charge in [-0.3, -0.25) is 0 Å². The monoisotopic (exact) mass is 260 g/mol. The fourth-order valence-corrected chi connectivity index (χ4v) is 1.56. The molecule has 0 aliphatic heterocycles. The molecule has 5 nitrogen and oxygen atoms in total. The third kappa shape index (κ3) is 3.09. The third-order valence-corrected chi connectivity index (χ3v) is 2.63. The van der Waals surface area contributed by atoms with Gasteiger partial charge >= 0.3 is 5.97 Å². The van der Waals surface area contributed by atoms with Gasteiger partial charge in [-0.1, -0.05) is 0 Å². The highest BCUT2D eigenvalue weighted by Gasteiger charge is 2.22. The zero-order valence-electron chi connectivity index (χ0n) is 9.13. The van der Waals surface area contributed by atoms with Gasteiger partial charge < -0.3 is 20.1 Å². The third-order valence-electron chi connectivity index (χ3n) is 2.32. The number of hydrogen-bond donors (Lipinski definition) is 3. The number of rotatable bonds is 5. The van der Waals surface area contributed by atoms with Gasteiger partial charge in [0, 0.05) is 5.56 Å². The number of alkyl halides is 1. The van der Waals surface area contributed by atoms with Crippen LogP contribution in [0.4, 0.5) is 0 Å². The van der Waals surface area contributed by atoms with Crippen molar-refractivity contribution in [1.82, 2.24) is 0 Å². The molecule has 1 aromatic rings. The molecule has 2 unspecified atom stereocenters. The number of halogens is 1. The van der Waals surface area contributed by atoms with Gasteiger partial charge in [-0.15, -0.1) is 11.6 Å². The predicted octanol–water partition coefficient (Wildman–Crippen LogP) is 1.03. The van der Waals surface area contributed by atoms with E-state index in [0.717, 1.165) is 0 Å². The molecule has 0 saturated carbocycles. The molecular weight excluding hydrogens is 248 g/mol. The number of aliphatic hydroxyl groups is 2. The Kier molecular flexibility index (Phi) is 4.74. The van der Waals surface area contributed by atoms with E-state index in [9.17, 15) is 15.0 Å². The molecule has 6 heteroatoms. The fraction of sp³-hybridized carbons (Fsp3) is 0.364. The van der Waals surface area contributed by atoms with Crippen LogP contribution in [0, 0.1) is 0 Å². The van der Waals surface area contributed by atoms with Gasteiger partial charge in [0.15, 0.2) is 0 Å². The molecule has 0 bridgehead atoms.